The minimum absolute atomic E-state index is 0.0246. The maximum atomic E-state index is 13.6. The van der Waals surface area contributed by atoms with Crippen LogP contribution in [-0.2, 0) is 22.5 Å². The fourth-order valence-corrected chi connectivity index (χ4v) is 3.64. The largest absolute Gasteiger partial charge is 0.506 e. The van der Waals surface area contributed by atoms with Gasteiger partial charge in [-0.25, -0.2) is 9.18 Å². The van der Waals surface area contributed by atoms with Gasteiger partial charge in [0, 0.05) is 12.0 Å². The molecule has 0 aromatic heterocycles. The van der Waals surface area contributed by atoms with Gasteiger partial charge in [0.2, 0.25) is 5.91 Å². The van der Waals surface area contributed by atoms with Crippen LogP contribution in [0.1, 0.15) is 31.4 Å². The number of anilines is 2. The summed E-state index contributed by atoms with van der Waals surface area (Å²) < 4.78 is 18.4. The number of hydrogen-bond donors (Lipinski definition) is 3. The summed E-state index contributed by atoms with van der Waals surface area (Å²) in [7, 11) is 0. The SMILES string of the molecule is CCOC(=O)NC(=S)Nc1cc2c(cc1O)N(Cc1cccc(F)c1)C(=O)C(C)CC2. The number of nitrogens with zero attached hydrogens (tertiary/aromatic N) is 1. The fraction of sp³-hybridized carbons (Fsp3) is 0.318. The number of rotatable bonds is 4. The van der Waals surface area contributed by atoms with Crippen molar-refractivity contribution in [1.29, 1.82) is 0 Å². The molecule has 1 atom stereocenters. The fourth-order valence-electron chi connectivity index (χ4n) is 3.45. The third-order valence-corrected chi connectivity index (χ3v) is 5.20. The summed E-state index contributed by atoms with van der Waals surface area (Å²) in [5.41, 5.74) is 2.34. The first-order valence-electron chi connectivity index (χ1n) is 9.95. The number of carbonyl (C=O) groups excluding carboxylic acids is 2. The number of halogens is 1. The van der Waals surface area contributed by atoms with E-state index in [1.807, 2.05) is 6.92 Å². The van der Waals surface area contributed by atoms with Crippen molar-refractivity contribution < 1.29 is 23.8 Å². The van der Waals surface area contributed by atoms with Gasteiger partial charge in [0.15, 0.2) is 5.11 Å². The van der Waals surface area contributed by atoms with Crippen LogP contribution in [0.5, 0.6) is 5.75 Å². The highest BCUT2D eigenvalue weighted by atomic mass is 32.1. The smallest absolute Gasteiger partial charge is 0.413 e. The minimum atomic E-state index is -0.699. The number of amides is 2. The molecule has 0 radical (unpaired) electrons. The van der Waals surface area contributed by atoms with E-state index in [1.165, 1.54) is 18.2 Å². The second-order valence-electron chi connectivity index (χ2n) is 7.29. The van der Waals surface area contributed by atoms with Crippen LogP contribution >= 0.6 is 12.2 Å². The number of carbonyl (C=O) groups is 2. The molecule has 1 aliphatic rings. The van der Waals surface area contributed by atoms with E-state index in [4.69, 9.17) is 17.0 Å². The Bertz CT molecular complexity index is 1010. The molecular weight excluding hydrogens is 421 g/mol. The number of phenols is 1. The summed E-state index contributed by atoms with van der Waals surface area (Å²) in [5, 5.41) is 15.7. The van der Waals surface area contributed by atoms with Crippen molar-refractivity contribution in [3.8, 4) is 5.75 Å². The molecule has 2 amide bonds. The van der Waals surface area contributed by atoms with Crippen molar-refractivity contribution in [3.05, 3.63) is 53.3 Å². The van der Waals surface area contributed by atoms with Gasteiger partial charge in [-0.2, -0.15) is 0 Å². The number of phenolic OH excluding ortho intramolecular Hbond substituents is 1. The van der Waals surface area contributed by atoms with E-state index >= 15 is 0 Å². The van der Waals surface area contributed by atoms with E-state index in [2.05, 4.69) is 10.6 Å². The van der Waals surface area contributed by atoms with Crippen LogP contribution < -0.4 is 15.5 Å². The number of thiocarbonyl (C=S) groups is 1. The molecular formula is C22H24FN3O4S. The molecule has 0 bridgehead atoms. The number of ether oxygens (including phenoxy) is 1. The summed E-state index contributed by atoms with van der Waals surface area (Å²) in [6.07, 6.45) is 0.533. The van der Waals surface area contributed by atoms with Crippen LogP contribution in [0.3, 0.4) is 0 Å². The van der Waals surface area contributed by atoms with E-state index in [1.54, 1.807) is 30.0 Å². The quantitative estimate of drug-likeness (QED) is 0.485. The average molecular weight is 446 g/mol. The lowest BCUT2D eigenvalue weighted by molar-refractivity contribution is -0.122. The summed E-state index contributed by atoms with van der Waals surface area (Å²) in [5.74, 6) is -0.843. The Balaban J connectivity index is 1.90. The predicted octanol–water partition coefficient (Wildman–Crippen LogP) is 4.09. The number of aromatic hydroxyl groups is 1. The maximum Gasteiger partial charge on any atom is 0.413 e. The lowest BCUT2D eigenvalue weighted by atomic mass is 10.0. The lowest BCUT2D eigenvalue weighted by Crippen LogP contribution is -2.35. The van der Waals surface area contributed by atoms with Crippen LogP contribution in [0.15, 0.2) is 36.4 Å². The monoisotopic (exact) mass is 445 g/mol. The summed E-state index contributed by atoms with van der Waals surface area (Å²) >= 11 is 5.09. The Kier molecular flexibility index (Phi) is 7.06. The number of fused-ring (bicyclic) bond motifs is 1. The molecule has 3 rings (SSSR count). The molecule has 2 aromatic rings. The highest BCUT2D eigenvalue weighted by Gasteiger charge is 2.29. The Morgan fingerprint density at radius 3 is 2.84 bits per heavy atom. The van der Waals surface area contributed by atoms with E-state index < -0.39 is 6.09 Å². The molecule has 0 spiro atoms. The Hall–Kier alpha value is -3.20. The van der Waals surface area contributed by atoms with Crippen molar-refractivity contribution in [1.82, 2.24) is 5.32 Å². The first-order valence-corrected chi connectivity index (χ1v) is 10.4. The van der Waals surface area contributed by atoms with Crippen molar-refractivity contribution in [2.45, 2.75) is 33.2 Å². The molecule has 1 heterocycles. The molecule has 9 heteroatoms. The van der Waals surface area contributed by atoms with Crippen molar-refractivity contribution in [2.24, 2.45) is 5.92 Å². The van der Waals surface area contributed by atoms with E-state index in [0.29, 0.717) is 29.8 Å². The molecule has 7 nitrogen and oxygen atoms in total. The third kappa shape index (κ3) is 5.49. The van der Waals surface area contributed by atoms with Gasteiger partial charge < -0.3 is 20.1 Å². The van der Waals surface area contributed by atoms with Gasteiger partial charge in [-0.3, -0.25) is 10.1 Å². The Morgan fingerprint density at radius 2 is 2.13 bits per heavy atom. The van der Waals surface area contributed by atoms with E-state index in [9.17, 15) is 19.1 Å². The highest BCUT2D eigenvalue weighted by molar-refractivity contribution is 7.80. The van der Waals surface area contributed by atoms with Gasteiger partial charge in [-0.05, 0) is 61.3 Å². The number of benzene rings is 2. The molecule has 1 unspecified atom stereocenters. The van der Waals surface area contributed by atoms with E-state index in [-0.39, 0.29) is 41.7 Å². The Morgan fingerprint density at radius 1 is 1.35 bits per heavy atom. The second-order valence-corrected chi connectivity index (χ2v) is 7.70. The molecule has 164 valence electrons. The summed E-state index contributed by atoms with van der Waals surface area (Å²) in [6, 6.07) is 9.27. The first kappa shape index (κ1) is 22.5. The minimum Gasteiger partial charge on any atom is -0.506 e. The van der Waals surface area contributed by atoms with Crippen LogP contribution in [0, 0.1) is 11.7 Å². The standard InChI is InChI=1S/C22H24FN3O4S/c1-3-30-22(29)25-21(31)24-17-10-15-8-7-13(2)20(28)26(18(15)11-19(17)27)12-14-5-4-6-16(23)9-14/h4-6,9-11,13,27H,3,7-8,12H2,1-2H3,(H2,24,25,29,31). The number of aryl methyl sites for hydroxylation is 1. The van der Waals surface area contributed by atoms with Crippen LogP contribution in [0.25, 0.3) is 0 Å². The van der Waals surface area contributed by atoms with Gasteiger partial charge in [-0.1, -0.05) is 19.1 Å². The molecule has 3 N–H and O–H groups in total. The summed E-state index contributed by atoms with van der Waals surface area (Å²) in [6.45, 7) is 3.91. The van der Waals surface area contributed by atoms with Crippen LogP contribution in [-0.4, -0.2) is 28.8 Å². The number of nitrogens with one attached hydrogen (secondary N) is 2. The third-order valence-electron chi connectivity index (χ3n) is 4.99. The average Bonchev–Trinajstić information content (AvgIpc) is 2.81. The molecule has 2 aromatic carbocycles. The van der Waals surface area contributed by atoms with Gasteiger partial charge in [0.1, 0.15) is 11.6 Å². The maximum absolute atomic E-state index is 13.6. The molecule has 1 aliphatic heterocycles. The van der Waals surface area contributed by atoms with Crippen molar-refractivity contribution >= 4 is 40.7 Å². The molecule has 0 saturated heterocycles. The first-order chi connectivity index (χ1) is 14.8. The highest BCUT2D eigenvalue weighted by Crippen LogP contribution is 2.37. The zero-order valence-corrected chi connectivity index (χ0v) is 18.1. The molecule has 0 saturated carbocycles. The van der Waals surface area contributed by atoms with E-state index in [0.717, 1.165) is 5.56 Å². The predicted molar refractivity (Wildman–Crippen MR) is 120 cm³/mol. The van der Waals surface area contributed by atoms with Gasteiger partial charge in [-0.15, -0.1) is 0 Å². The number of alkyl carbamates (subject to hydrolysis) is 1. The molecule has 31 heavy (non-hydrogen) atoms. The zero-order valence-electron chi connectivity index (χ0n) is 17.3. The van der Waals surface area contributed by atoms with Gasteiger partial charge >= 0.3 is 6.09 Å². The topological polar surface area (TPSA) is 90.9 Å². The normalized spacial score (nSPS) is 15.6. The number of hydrogen-bond acceptors (Lipinski definition) is 5. The van der Waals surface area contributed by atoms with Crippen molar-refractivity contribution in [2.75, 3.05) is 16.8 Å². The second kappa shape index (κ2) is 9.74. The Labute approximate surface area is 185 Å². The van der Waals surface area contributed by atoms with Crippen molar-refractivity contribution in [3.63, 3.8) is 0 Å². The lowest BCUT2D eigenvalue weighted by Gasteiger charge is -2.26. The van der Waals surface area contributed by atoms with Gasteiger partial charge in [0.05, 0.1) is 24.5 Å². The van der Waals surface area contributed by atoms with Crippen LogP contribution in [0.4, 0.5) is 20.6 Å². The summed E-state index contributed by atoms with van der Waals surface area (Å²) in [4.78, 5) is 26.1. The zero-order chi connectivity index (χ0) is 22.5. The molecule has 0 aliphatic carbocycles. The van der Waals surface area contributed by atoms with Gasteiger partial charge in [0.25, 0.3) is 0 Å². The molecule has 0 fully saturated rings. The van der Waals surface area contributed by atoms with Crippen LogP contribution in [0.2, 0.25) is 0 Å².